The van der Waals surface area contributed by atoms with Crippen molar-refractivity contribution >= 4 is 70.2 Å². The number of hydrogen-bond acceptors (Lipinski definition) is 10. The van der Waals surface area contributed by atoms with Gasteiger partial charge in [-0.1, -0.05) is 78.4 Å². The number of hydrogen-bond donors (Lipinski definition) is 0. The average Bonchev–Trinajstić information content (AvgIpc) is 3.97. The van der Waals surface area contributed by atoms with E-state index in [2.05, 4.69) is 24.3 Å². The normalized spacial score (nSPS) is 14.5. The molecule has 8 amide bonds. The van der Waals surface area contributed by atoms with Crippen molar-refractivity contribution in [1.29, 1.82) is 0 Å². The molecular weight excluding hydrogens is 913 g/mol. The third-order valence-corrected chi connectivity index (χ3v) is 13.5. The molecule has 0 N–H and O–H groups in total. The molecule has 0 unspecified atom stereocenters. The van der Waals surface area contributed by atoms with Crippen LogP contribution in [0.2, 0.25) is 0 Å². The smallest absolute Gasteiger partial charge is 0.266 e. The lowest BCUT2D eigenvalue weighted by Gasteiger charge is -2.17. The Hall–Kier alpha value is -9.56. The molecule has 7 aromatic carbocycles. The number of ketones is 2. The molecule has 11 rings (SSSR count). The highest BCUT2D eigenvalue weighted by Crippen LogP contribution is 2.34. The summed E-state index contributed by atoms with van der Waals surface area (Å²) < 4.78 is 0. The Morgan fingerprint density at radius 1 is 0.375 bits per heavy atom. The molecule has 0 fully saturated rings. The summed E-state index contributed by atoms with van der Waals surface area (Å²) in [7, 11) is 2.77. The van der Waals surface area contributed by atoms with Gasteiger partial charge in [-0.15, -0.1) is 0 Å². The zero-order valence-electron chi connectivity index (χ0n) is 39.4. The van der Waals surface area contributed by atoms with Gasteiger partial charge < -0.3 is 0 Å². The largest absolute Gasteiger partial charge is 0.289 e. The Morgan fingerprint density at radius 2 is 0.722 bits per heavy atom. The Morgan fingerprint density at radius 3 is 1.17 bits per heavy atom. The maximum atomic E-state index is 13.3. The molecule has 14 heteroatoms. The van der Waals surface area contributed by atoms with Crippen LogP contribution in [0.3, 0.4) is 0 Å². The second-order valence-corrected chi connectivity index (χ2v) is 18.0. The fourth-order valence-corrected chi connectivity index (χ4v) is 9.24. The van der Waals surface area contributed by atoms with E-state index in [1.54, 1.807) is 24.3 Å². The fourth-order valence-electron chi connectivity index (χ4n) is 9.24. The van der Waals surface area contributed by atoms with Crippen molar-refractivity contribution in [2.75, 3.05) is 23.9 Å². The Balaban J connectivity index is 0.000000168. The Kier molecular flexibility index (Phi) is 11.2. The molecular formula is C58H40N4O10. The van der Waals surface area contributed by atoms with Crippen molar-refractivity contribution in [3.05, 3.63) is 234 Å². The van der Waals surface area contributed by atoms with E-state index >= 15 is 0 Å². The predicted molar refractivity (Wildman–Crippen MR) is 264 cm³/mol. The van der Waals surface area contributed by atoms with Crippen LogP contribution in [0.15, 0.2) is 140 Å². The highest BCUT2D eigenvalue weighted by Gasteiger charge is 2.40. The van der Waals surface area contributed by atoms with Crippen LogP contribution in [-0.4, -0.2) is 82.7 Å². The molecule has 0 atom stereocenters. The number of anilines is 2. The van der Waals surface area contributed by atoms with E-state index in [1.807, 2.05) is 39.0 Å². The summed E-state index contributed by atoms with van der Waals surface area (Å²) in [6.45, 7) is 5.79. The maximum Gasteiger partial charge on any atom is 0.266 e. The molecule has 0 aliphatic carbocycles. The number of carbonyl (C=O) groups is 10. The van der Waals surface area contributed by atoms with Crippen molar-refractivity contribution in [3.8, 4) is 0 Å². The lowest BCUT2D eigenvalue weighted by atomic mass is 9.96. The van der Waals surface area contributed by atoms with Gasteiger partial charge in [0.25, 0.3) is 47.3 Å². The fraction of sp³-hybridized carbons (Fsp3) is 0.103. The van der Waals surface area contributed by atoms with Gasteiger partial charge in [0.05, 0.1) is 55.9 Å². The molecule has 4 aliphatic rings. The number of fused-ring (bicyclic) bond motifs is 4. The summed E-state index contributed by atoms with van der Waals surface area (Å²) in [6.07, 6.45) is 0.729. The summed E-state index contributed by atoms with van der Waals surface area (Å²) in [5.41, 5.74) is 8.56. The summed E-state index contributed by atoms with van der Waals surface area (Å²) in [5.74, 6) is -4.50. The molecule has 72 heavy (non-hydrogen) atoms. The number of benzene rings is 7. The van der Waals surface area contributed by atoms with Crippen LogP contribution in [-0.2, 0) is 6.42 Å². The Bertz CT molecular complexity index is 3670. The van der Waals surface area contributed by atoms with Crippen LogP contribution in [0.5, 0.6) is 0 Å². The van der Waals surface area contributed by atoms with Crippen LogP contribution in [0.4, 0.5) is 11.4 Å². The number of nitrogens with zero attached hydrogens (tertiary/aromatic N) is 4. The van der Waals surface area contributed by atoms with E-state index in [1.165, 1.54) is 92.5 Å². The second-order valence-electron chi connectivity index (χ2n) is 18.0. The first kappa shape index (κ1) is 46.2. The van der Waals surface area contributed by atoms with Crippen molar-refractivity contribution in [2.45, 2.75) is 27.2 Å². The molecule has 0 spiro atoms. The first-order valence-corrected chi connectivity index (χ1v) is 22.7. The van der Waals surface area contributed by atoms with Crippen LogP contribution < -0.4 is 9.80 Å². The predicted octanol–water partition coefficient (Wildman–Crippen LogP) is 8.40. The van der Waals surface area contributed by atoms with Gasteiger partial charge >= 0.3 is 0 Å². The van der Waals surface area contributed by atoms with Crippen LogP contribution in [0.1, 0.15) is 143 Å². The van der Waals surface area contributed by atoms with Crippen molar-refractivity contribution in [2.24, 2.45) is 0 Å². The number of aryl methyl sites for hydroxylation is 2. The molecule has 0 aromatic heterocycles. The average molecular weight is 953 g/mol. The molecule has 4 heterocycles. The van der Waals surface area contributed by atoms with Crippen molar-refractivity contribution < 1.29 is 47.9 Å². The van der Waals surface area contributed by atoms with Crippen LogP contribution in [0.25, 0.3) is 0 Å². The molecule has 14 nitrogen and oxygen atoms in total. The highest BCUT2D eigenvalue weighted by atomic mass is 16.2. The van der Waals surface area contributed by atoms with Crippen LogP contribution in [0, 0.1) is 20.8 Å². The van der Waals surface area contributed by atoms with Crippen LogP contribution >= 0.6 is 0 Å². The zero-order valence-corrected chi connectivity index (χ0v) is 39.4. The molecule has 0 bridgehead atoms. The summed E-state index contributed by atoms with van der Waals surface area (Å²) in [4.78, 5) is 132. The number of amides is 8. The second kappa shape index (κ2) is 17.4. The zero-order chi connectivity index (χ0) is 51.0. The summed E-state index contributed by atoms with van der Waals surface area (Å²) in [5, 5.41) is 0. The minimum atomic E-state index is -0.507. The van der Waals surface area contributed by atoms with Crippen molar-refractivity contribution in [1.82, 2.24) is 9.80 Å². The first-order valence-electron chi connectivity index (χ1n) is 22.7. The lowest BCUT2D eigenvalue weighted by Crippen LogP contribution is -2.30. The highest BCUT2D eigenvalue weighted by molar-refractivity contribution is 6.36. The molecule has 352 valence electrons. The third-order valence-electron chi connectivity index (χ3n) is 13.5. The van der Waals surface area contributed by atoms with E-state index in [0.29, 0.717) is 11.4 Å². The lowest BCUT2D eigenvalue weighted by molar-refractivity contribution is 0.0677. The molecule has 0 saturated carbocycles. The van der Waals surface area contributed by atoms with E-state index in [0.717, 1.165) is 48.3 Å². The topological polar surface area (TPSA) is 184 Å². The molecule has 0 saturated heterocycles. The molecule has 0 radical (unpaired) electrons. The number of rotatable bonds is 8. The monoisotopic (exact) mass is 952 g/mol. The number of imide groups is 4. The van der Waals surface area contributed by atoms with Gasteiger partial charge in [-0.2, -0.15) is 0 Å². The quantitative estimate of drug-likeness (QED) is 0.106. The van der Waals surface area contributed by atoms with E-state index in [4.69, 9.17) is 0 Å². The van der Waals surface area contributed by atoms with Gasteiger partial charge in [0.15, 0.2) is 11.6 Å². The van der Waals surface area contributed by atoms with Gasteiger partial charge in [-0.25, -0.2) is 9.80 Å². The molecule has 7 aromatic rings. The van der Waals surface area contributed by atoms with Crippen molar-refractivity contribution in [3.63, 3.8) is 0 Å². The SMILES string of the molecule is Cc1ccc(Cc2ccc(N3C(=O)c4ccc(C(=O)c5ccc6c(c5)C(=O)N(C)C6=O)cc4C3=O)cc2)cc1.Cc1cccc(N2C(=O)c3ccc(C(=O)c4ccc5c(c4)C(=O)N(C)C5=O)cc3C2=O)c1C. The van der Waals surface area contributed by atoms with Gasteiger partial charge in [-0.3, -0.25) is 57.7 Å². The molecule has 4 aliphatic heterocycles. The minimum absolute atomic E-state index is 0.140. The van der Waals surface area contributed by atoms with E-state index < -0.39 is 58.8 Å². The maximum absolute atomic E-state index is 13.3. The van der Waals surface area contributed by atoms with Gasteiger partial charge in [0, 0.05) is 36.3 Å². The van der Waals surface area contributed by atoms with E-state index in [9.17, 15) is 47.9 Å². The summed E-state index contributed by atoms with van der Waals surface area (Å²) >= 11 is 0. The Labute approximate surface area is 411 Å². The van der Waals surface area contributed by atoms with Gasteiger partial charge in [0.1, 0.15) is 0 Å². The van der Waals surface area contributed by atoms with Gasteiger partial charge in [-0.05, 0) is 116 Å². The number of carbonyl (C=O) groups excluding carboxylic acids is 10. The first-order chi connectivity index (χ1) is 34.4. The van der Waals surface area contributed by atoms with Gasteiger partial charge in [0.2, 0.25) is 0 Å². The minimum Gasteiger partial charge on any atom is -0.289 e. The third kappa shape index (κ3) is 7.53. The standard InChI is InChI=1S/C32H22N2O5.C26H18N2O5/c1-18-3-5-19(6-4-18)15-20-7-11-23(12-8-20)34-31(38)25-14-10-22(17-27(25)32(34)39)28(35)21-9-13-24-26(16-21)30(37)33(2)29(24)36;1-13-5-4-6-21(14(13)2)28-25(32)18-10-8-16(12-20(18)26(28)33)22(29)15-7-9-17-19(11-15)24(31)27(3)23(17)30/h3-14,16-17H,15H2,1-2H3;4-12H,1-3H3. The van der Waals surface area contributed by atoms with E-state index in [-0.39, 0.29) is 66.8 Å². The summed E-state index contributed by atoms with van der Waals surface area (Å²) in [6, 6.07) is 38.4.